The standard InChI is InChI=1S/C8H6N4O2/c9-8-10-6-3-1-5(12(13)14)2-4-7(6)11-8/h1-4H,(H2,9,10,11). The lowest BCUT2D eigenvalue weighted by Gasteiger charge is -1.81. The van der Waals surface area contributed by atoms with E-state index in [1.54, 1.807) is 0 Å². The summed E-state index contributed by atoms with van der Waals surface area (Å²) in [4.78, 5) is 17.8. The van der Waals surface area contributed by atoms with Gasteiger partial charge >= 0.3 is 0 Å². The molecule has 2 rings (SSSR count). The zero-order valence-electron chi connectivity index (χ0n) is 7.04. The molecule has 6 heteroatoms. The third kappa shape index (κ3) is 1.33. The van der Waals surface area contributed by atoms with Gasteiger partial charge in [-0.25, -0.2) is 9.97 Å². The molecule has 0 aromatic rings. The normalized spacial score (nSPS) is 10.3. The molecule has 0 saturated carbocycles. The van der Waals surface area contributed by atoms with Crippen LogP contribution in [0.4, 0.5) is 11.6 Å². The average molecular weight is 190 g/mol. The van der Waals surface area contributed by atoms with Gasteiger partial charge in [0.1, 0.15) is 0 Å². The maximum absolute atomic E-state index is 10.4. The highest BCUT2D eigenvalue weighted by molar-refractivity contribution is 5.60. The van der Waals surface area contributed by atoms with E-state index in [1.165, 1.54) is 24.3 Å². The first-order valence-electron chi connectivity index (χ1n) is 3.84. The number of hydrogen-bond acceptors (Lipinski definition) is 5. The minimum atomic E-state index is -0.470. The van der Waals surface area contributed by atoms with E-state index < -0.39 is 4.92 Å². The van der Waals surface area contributed by atoms with Gasteiger partial charge in [0.25, 0.3) is 5.69 Å². The number of nitrogens with zero attached hydrogens (tertiary/aromatic N) is 3. The number of fused-ring (bicyclic) bond motifs is 1. The van der Waals surface area contributed by atoms with Crippen LogP contribution in [0.1, 0.15) is 0 Å². The molecule has 0 radical (unpaired) electrons. The van der Waals surface area contributed by atoms with Gasteiger partial charge in [-0.15, -0.1) is 0 Å². The van der Waals surface area contributed by atoms with E-state index in [4.69, 9.17) is 5.73 Å². The molecule has 2 N–H and O–H groups in total. The lowest BCUT2D eigenvalue weighted by molar-refractivity contribution is -0.384. The summed E-state index contributed by atoms with van der Waals surface area (Å²) in [5, 5.41) is 10.4. The highest BCUT2D eigenvalue weighted by Crippen LogP contribution is 2.21. The molecule has 1 aliphatic carbocycles. The van der Waals surface area contributed by atoms with Gasteiger partial charge in [-0.3, -0.25) is 10.1 Å². The maximum Gasteiger partial charge on any atom is 0.269 e. The fraction of sp³-hybridized carbons (Fsp3) is 0. The van der Waals surface area contributed by atoms with Crippen LogP contribution >= 0.6 is 0 Å². The van der Waals surface area contributed by atoms with Gasteiger partial charge in [0.15, 0.2) is 0 Å². The number of rotatable bonds is 1. The van der Waals surface area contributed by atoms with Crippen molar-refractivity contribution in [1.29, 1.82) is 0 Å². The molecule has 0 aromatic heterocycles. The number of aromatic nitrogens is 2. The van der Waals surface area contributed by atoms with E-state index in [0.717, 1.165) is 0 Å². The number of nitrogen functional groups attached to an aromatic ring is 1. The molecule has 1 aliphatic heterocycles. The molecule has 0 saturated heterocycles. The Kier molecular flexibility index (Phi) is 1.74. The summed E-state index contributed by atoms with van der Waals surface area (Å²) >= 11 is 0. The largest absolute Gasteiger partial charge is 0.368 e. The third-order valence-electron chi connectivity index (χ3n) is 1.77. The predicted molar refractivity (Wildman–Crippen MR) is 49.7 cm³/mol. The number of nitro groups is 1. The van der Waals surface area contributed by atoms with Gasteiger partial charge in [0.05, 0.1) is 16.3 Å². The quantitative estimate of drug-likeness (QED) is 0.536. The van der Waals surface area contributed by atoms with Gasteiger partial charge in [-0.1, -0.05) is 0 Å². The minimum Gasteiger partial charge on any atom is -0.368 e. The predicted octanol–water partition coefficient (Wildman–Crippen LogP) is 1.07. The number of nitrogens with two attached hydrogens (primary N) is 1. The molecule has 0 atom stereocenters. The molecule has 0 spiro atoms. The first kappa shape index (κ1) is 8.36. The Hall–Kier alpha value is -2.24. The second kappa shape index (κ2) is 2.91. The molecule has 0 amide bonds. The van der Waals surface area contributed by atoms with E-state index >= 15 is 0 Å². The van der Waals surface area contributed by atoms with Crippen molar-refractivity contribution in [1.82, 2.24) is 9.97 Å². The Balaban J connectivity index is 2.61. The lowest BCUT2D eigenvalue weighted by atomic mass is 10.3. The monoisotopic (exact) mass is 190 g/mol. The van der Waals surface area contributed by atoms with Crippen LogP contribution in [0, 0.1) is 10.1 Å². The second-order valence-corrected chi connectivity index (χ2v) is 2.70. The fourth-order valence-corrected chi connectivity index (χ4v) is 1.14. The van der Waals surface area contributed by atoms with E-state index in [0.29, 0.717) is 11.4 Å². The zero-order chi connectivity index (χ0) is 10.1. The smallest absolute Gasteiger partial charge is 0.269 e. The van der Waals surface area contributed by atoms with Crippen LogP contribution in [-0.2, 0) is 0 Å². The Morgan fingerprint density at radius 1 is 1.14 bits per heavy atom. The molecule has 70 valence electrons. The van der Waals surface area contributed by atoms with Gasteiger partial charge in [-0.05, 0) is 12.1 Å². The zero-order valence-corrected chi connectivity index (χ0v) is 7.04. The second-order valence-electron chi connectivity index (χ2n) is 2.70. The molecular formula is C8H6N4O2. The SMILES string of the molecule is Nc1nc2ccc([N+](=O)[O-])ccc-2n1. The molecule has 1 heterocycles. The van der Waals surface area contributed by atoms with Gasteiger partial charge in [-0.2, -0.15) is 0 Å². The molecule has 0 unspecified atom stereocenters. The van der Waals surface area contributed by atoms with Crippen LogP contribution in [0.3, 0.4) is 0 Å². The summed E-state index contributed by atoms with van der Waals surface area (Å²) in [6, 6.07) is 5.79. The Morgan fingerprint density at radius 2 is 1.64 bits per heavy atom. The third-order valence-corrected chi connectivity index (χ3v) is 1.77. The topological polar surface area (TPSA) is 94.9 Å². The lowest BCUT2D eigenvalue weighted by Crippen LogP contribution is -1.85. The Labute approximate surface area is 78.9 Å². The molecular weight excluding hydrogens is 184 g/mol. The van der Waals surface area contributed by atoms with Crippen molar-refractivity contribution in [3.05, 3.63) is 34.4 Å². The fourth-order valence-electron chi connectivity index (χ4n) is 1.14. The van der Waals surface area contributed by atoms with Crippen molar-refractivity contribution in [2.75, 3.05) is 5.73 Å². The summed E-state index contributed by atoms with van der Waals surface area (Å²) in [7, 11) is 0. The van der Waals surface area contributed by atoms with Crippen molar-refractivity contribution >= 4 is 11.6 Å². The summed E-state index contributed by atoms with van der Waals surface area (Å²) < 4.78 is 0. The van der Waals surface area contributed by atoms with Crippen molar-refractivity contribution in [2.24, 2.45) is 0 Å². The van der Waals surface area contributed by atoms with E-state index in [-0.39, 0.29) is 11.6 Å². The van der Waals surface area contributed by atoms with Crippen LogP contribution in [-0.4, -0.2) is 14.9 Å². The van der Waals surface area contributed by atoms with Gasteiger partial charge in [0, 0.05) is 12.1 Å². The Morgan fingerprint density at radius 3 is 2.07 bits per heavy atom. The molecule has 2 aliphatic rings. The molecule has 0 bridgehead atoms. The van der Waals surface area contributed by atoms with E-state index in [2.05, 4.69) is 9.97 Å². The molecule has 0 fully saturated rings. The van der Waals surface area contributed by atoms with Gasteiger partial charge in [0.2, 0.25) is 5.95 Å². The summed E-state index contributed by atoms with van der Waals surface area (Å²) in [5.74, 6) is 0.175. The molecule has 0 aromatic carbocycles. The van der Waals surface area contributed by atoms with Crippen LogP contribution in [0.15, 0.2) is 24.3 Å². The van der Waals surface area contributed by atoms with Crippen LogP contribution in [0.5, 0.6) is 0 Å². The van der Waals surface area contributed by atoms with Crippen molar-refractivity contribution in [3.63, 3.8) is 0 Å². The summed E-state index contributed by atoms with van der Waals surface area (Å²) in [6.45, 7) is 0. The first-order chi connectivity index (χ1) is 6.66. The van der Waals surface area contributed by atoms with Crippen LogP contribution < -0.4 is 5.73 Å². The maximum atomic E-state index is 10.4. The van der Waals surface area contributed by atoms with Crippen LogP contribution in [0.2, 0.25) is 0 Å². The van der Waals surface area contributed by atoms with Crippen LogP contribution in [0.25, 0.3) is 11.4 Å². The number of hydrogen-bond donors (Lipinski definition) is 1. The van der Waals surface area contributed by atoms with Gasteiger partial charge < -0.3 is 5.73 Å². The highest BCUT2D eigenvalue weighted by atomic mass is 16.6. The van der Waals surface area contributed by atoms with E-state index in [9.17, 15) is 10.1 Å². The minimum absolute atomic E-state index is 0.00312. The molecule has 14 heavy (non-hydrogen) atoms. The first-order valence-corrected chi connectivity index (χ1v) is 3.84. The highest BCUT2D eigenvalue weighted by Gasteiger charge is 2.09. The average Bonchev–Trinajstić information content (AvgIpc) is 2.34. The number of anilines is 1. The summed E-state index contributed by atoms with van der Waals surface area (Å²) in [5.41, 5.74) is 6.48. The number of imidazole rings is 1. The molecule has 6 nitrogen and oxygen atoms in total. The van der Waals surface area contributed by atoms with Crippen molar-refractivity contribution in [2.45, 2.75) is 0 Å². The van der Waals surface area contributed by atoms with E-state index in [1.807, 2.05) is 0 Å². The van der Waals surface area contributed by atoms with Crippen molar-refractivity contribution < 1.29 is 4.92 Å². The Bertz CT molecular complexity index is 437. The van der Waals surface area contributed by atoms with Crippen molar-refractivity contribution in [3.8, 4) is 11.4 Å². The summed E-state index contributed by atoms with van der Waals surface area (Å²) in [6.07, 6.45) is 0.